The zero-order chi connectivity index (χ0) is 23.4. The second-order valence-corrected chi connectivity index (χ2v) is 5.67. The van der Waals surface area contributed by atoms with Gasteiger partial charge in [-0.15, -0.1) is 6.42 Å². The van der Waals surface area contributed by atoms with Gasteiger partial charge in [0, 0.05) is 11.8 Å². The molecule has 0 aliphatic heterocycles. The van der Waals surface area contributed by atoms with Crippen LogP contribution in [0, 0.1) is 95.2 Å². The summed E-state index contributed by atoms with van der Waals surface area (Å²) in [6.45, 7) is 0.192. The molecule has 0 amide bonds. The van der Waals surface area contributed by atoms with Crippen molar-refractivity contribution in [2.24, 2.45) is 0 Å². The van der Waals surface area contributed by atoms with Crippen molar-refractivity contribution in [1.29, 1.82) is 0 Å². The third-order valence-corrected chi connectivity index (χ3v) is 2.68. The lowest BCUT2D eigenvalue weighted by molar-refractivity contribution is -0.153. The van der Waals surface area contributed by atoms with Crippen LogP contribution in [0.25, 0.3) is 0 Å². The van der Waals surface area contributed by atoms with Gasteiger partial charge in [0.05, 0.1) is 6.61 Å². The van der Waals surface area contributed by atoms with Gasteiger partial charge in [-0.2, -0.15) is 0 Å². The Bertz CT molecular complexity index is 1210. The second-order valence-electron chi connectivity index (χ2n) is 4.43. The van der Waals surface area contributed by atoms with Gasteiger partial charge in [-0.25, -0.2) is 14.2 Å². The third-order valence-electron chi connectivity index (χ3n) is 2.19. The molecule has 0 aliphatic rings. The molecule has 2 N–H and O–H groups in total. The van der Waals surface area contributed by atoms with E-state index in [1.807, 2.05) is 17.8 Å². The molecule has 152 valence electrons. The summed E-state index contributed by atoms with van der Waals surface area (Å²) in [6.07, 6.45) is 3.49. The molecule has 0 rings (SSSR count). The summed E-state index contributed by atoms with van der Waals surface area (Å²) >= 11 is 0. The van der Waals surface area contributed by atoms with E-state index in [2.05, 4.69) is 75.6 Å². The molecule has 0 radical (unpaired) electrons. The Hall–Kier alpha value is -4.47. The molecule has 0 saturated heterocycles. The van der Waals surface area contributed by atoms with Crippen molar-refractivity contribution in [2.45, 2.75) is 13.0 Å². The second kappa shape index (κ2) is 16.5. The van der Waals surface area contributed by atoms with Crippen LogP contribution in [0.15, 0.2) is 0 Å². The summed E-state index contributed by atoms with van der Waals surface area (Å²) in [5.74, 6) is 31.4. The van der Waals surface area contributed by atoms with Crippen LogP contribution >= 0.6 is 7.82 Å². The minimum atomic E-state index is -4.87. The molecule has 0 aromatic rings. The number of terminal acetylenes is 1. The van der Waals surface area contributed by atoms with Gasteiger partial charge in [0.1, 0.15) is 6.61 Å². The van der Waals surface area contributed by atoms with Gasteiger partial charge < -0.3 is 19.3 Å². The van der Waals surface area contributed by atoms with Crippen molar-refractivity contribution in [3.05, 3.63) is 0 Å². The average Bonchev–Trinajstić information content (AvgIpc) is 2.71. The highest BCUT2D eigenvalue weighted by Crippen LogP contribution is 2.35. The molecule has 0 aromatic heterocycles. The molecular formula is C22H11O8P. The number of rotatable bonds is 6. The van der Waals surface area contributed by atoms with Crippen molar-refractivity contribution in [1.82, 2.24) is 0 Å². The lowest BCUT2D eigenvalue weighted by Crippen LogP contribution is -2.28. The van der Waals surface area contributed by atoms with E-state index in [-0.39, 0.29) is 0 Å². The van der Waals surface area contributed by atoms with Crippen LogP contribution in [-0.4, -0.2) is 41.0 Å². The zero-order valence-electron chi connectivity index (χ0n) is 15.9. The lowest BCUT2D eigenvalue weighted by Gasteiger charge is -2.16. The van der Waals surface area contributed by atoms with E-state index >= 15 is 0 Å². The monoisotopic (exact) mass is 434 g/mol. The number of phosphoric ester groups is 1. The first kappa shape index (κ1) is 26.5. The fourth-order valence-electron chi connectivity index (χ4n) is 1.16. The number of carbonyl (C=O) groups is 2. The van der Waals surface area contributed by atoms with E-state index in [0.29, 0.717) is 0 Å². The first-order chi connectivity index (χ1) is 14.8. The number of esters is 2. The summed E-state index contributed by atoms with van der Waals surface area (Å²) in [4.78, 5) is 40.7. The van der Waals surface area contributed by atoms with Crippen LogP contribution in [0.5, 0.6) is 0 Å². The predicted molar refractivity (Wildman–Crippen MR) is 108 cm³/mol. The topological polar surface area (TPSA) is 119 Å². The lowest BCUT2D eigenvalue weighted by atomic mass is 10.4. The molecule has 0 bridgehead atoms. The van der Waals surface area contributed by atoms with E-state index in [0.717, 1.165) is 0 Å². The minimum absolute atomic E-state index is 0.625. The van der Waals surface area contributed by atoms with Gasteiger partial charge in [-0.05, 0) is 78.0 Å². The van der Waals surface area contributed by atoms with Gasteiger partial charge in [-0.1, -0.05) is 5.92 Å². The molecule has 0 aromatic carbocycles. The molecule has 0 heterocycles. The first-order valence-electron chi connectivity index (χ1n) is 7.75. The van der Waals surface area contributed by atoms with Crippen molar-refractivity contribution >= 4 is 19.8 Å². The van der Waals surface area contributed by atoms with Gasteiger partial charge in [-0.3, -0.25) is 4.52 Å². The van der Waals surface area contributed by atoms with Crippen molar-refractivity contribution < 1.29 is 37.9 Å². The molecule has 0 unspecified atom stereocenters. The molecule has 1 atom stereocenters. The van der Waals surface area contributed by atoms with Crippen molar-refractivity contribution in [2.75, 3.05) is 13.2 Å². The van der Waals surface area contributed by atoms with E-state index in [1.54, 1.807) is 6.92 Å². The molecule has 8 nitrogen and oxygen atoms in total. The van der Waals surface area contributed by atoms with Gasteiger partial charge in [0.15, 0.2) is 6.10 Å². The third kappa shape index (κ3) is 18.7. The Morgan fingerprint density at radius 3 is 1.90 bits per heavy atom. The van der Waals surface area contributed by atoms with Crippen LogP contribution in [0.2, 0.25) is 0 Å². The predicted octanol–water partition coefficient (Wildman–Crippen LogP) is -0.772. The Morgan fingerprint density at radius 2 is 1.35 bits per heavy atom. The SMILES string of the molecule is C#CC#CC#CC#CC(=O)O[C@H](COC(=O)C#CC#CC#CC#CC)COP(=O)(O)O. The number of ether oxygens (including phenoxy) is 2. The molecule has 31 heavy (non-hydrogen) atoms. The average molecular weight is 434 g/mol. The smallest absolute Gasteiger partial charge is 0.452 e. The fraction of sp³-hybridized carbons (Fsp3) is 0.182. The van der Waals surface area contributed by atoms with Crippen LogP contribution < -0.4 is 0 Å². The summed E-state index contributed by atoms with van der Waals surface area (Å²) in [5.41, 5.74) is 0. The largest absolute Gasteiger partial charge is 0.469 e. The maximum Gasteiger partial charge on any atom is 0.469 e. The fourth-order valence-corrected chi connectivity index (χ4v) is 1.52. The molecule has 9 heteroatoms. The van der Waals surface area contributed by atoms with Gasteiger partial charge >= 0.3 is 19.8 Å². The highest BCUT2D eigenvalue weighted by atomic mass is 31.2. The first-order valence-corrected chi connectivity index (χ1v) is 9.28. The number of hydrogen-bond acceptors (Lipinski definition) is 6. The Morgan fingerprint density at radius 1 is 0.839 bits per heavy atom. The van der Waals surface area contributed by atoms with Crippen LogP contribution in [0.4, 0.5) is 0 Å². The normalized spacial score (nSPS) is 8.58. The Balaban J connectivity index is 4.95. The number of hydrogen-bond donors (Lipinski definition) is 2. The maximum absolute atomic E-state index is 11.6. The molecule has 0 saturated carbocycles. The standard InChI is InChI=1S/C22H11O8P/c1-3-5-7-9-11-13-14-16-21(23)28-18-20(19-29-31(25,26)27)30-22(24)17-15-12-10-8-6-4-2/h2,20H,18-19H2,1H3,(H2,25,26,27)/t20-/m1/s1. The number of phosphoric acid groups is 1. The summed E-state index contributed by atoms with van der Waals surface area (Å²) in [5, 5.41) is 0. The van der Waals surface area contributed by atoms with E-state index in [1.165, 1.54) is 0 Å². The zero-order valence-corrected chi connectivity index (χ0v) is 16.8. The molecule has 0 fully saturated rings. The summed E-state index contributed by atoms with van der Waals surface area (Å²) in [6, 6.07) is 0. The van der Waals surface area contributed by atoms with E-state index < -0.39 is 39.1 Å². The highest BCUT2D eigenvalue weighted by Gasteiger charge is 2.22. The van der Waals surface area contributed by atoms with E-state index in [4.69, 9.17) is 25.7 Å². The maximum atomic E-state index is 11.6. The number of carbonyl (C=O) groups excluding carboxylic acids is 2. The summed E-state index contributed by atoms with van der Waals surface area (Å²) in [7, 11) is -4.87. The van der Waals surface area contributed by atoms with Crippen molar-refractivity contribution in [3.63, 3.8) is 0 Å². The van der Waals surface area contributed by atoms with Crippen LogP contribution in [-0.2, 0) is 28.2 Å². The molecular weight excluding hydrogens is 423 g/mol. The summed E-state index contributed by atoms with van der Waals surface area (Å²) < 4.78 is 24.6. The van der Waals surface area contributed by atoms with Gasteiger partial charge in [0.25, 0.3) is 0 Å². The van der Waals surface area contributed by atoms with Crippen LogP contribution in [0.3, 0.4) is 0 Å². The molecule has 0 spiro atoms. The highest BCUT2D eigenvalue weighted by molar-refractivity contribution is 7.46. The minimum Gasteiger partial charge on any atom is -0.452 e. The Labute approximate surface area is 179 Å². The molecule has 0 aliphatic carbocycles. The Kier molecular flexibility index (Phi) is 14.1. The van der Waals surface area contributed by atoms with E-state index in [9.17, 15) is 14.2 Å². The van der Waals surface area contributed by atoms with Gasteiger partial charge in [0.2, 0.25) is 0 Å². The van der Waals surface area contributed by atoms with Crippen LogP contribution in [0.1, 0.15) is 6.92 Å². The van der Waals surface area contributed by atoms with Crippen molar-refractivity contribution in [3.8, 4) is 95.2 Å². The quantitative estimate of drug-likeness (QED) is 0.242.